The Morgan fingerprint density at radius 3 is 2.85 bits per heavy atom. The van der Waals surface area contributed by atoms with Crippen LogP contribution in [0.2, 0.25) is 0 Å². The molecule has 130 valence electrons. The van der Waals surface area contributed by atoms with Crippen LogP contribution in [0.1, 0.15) is 22.5 Å². The molecule has 1 amide bonds. The zero-order valence-corrected chi connectivity index (χ0v) is 15.2. The van der Waals surface area contributed by atoms with Crippen LogP contribution in [0.25, 0.3) is 15.3 Å². The molecule has 8 heteroatoms. The SMILES string of the molecule is O=C(Oc1ccc(N2CCCC2=O)cc1)c1cc2c(nc3sccn32)s1. The van der Waals surface area contributed by atoms with Crippen LogP contribution >= 0.6 is 22.7 Å². The van der Waals surface area contributed by atoms with E-state index in [9.17, 15) is 9.59 Å². The normalized spacial score (nSPS) is 14.6. The van der Waals surface area contributed by atoms with E-state index >= 15 is 0 Å². The summed E-state index contributed by atoms with van der Waals surface area (Å²) in [7, 11) is 0. The third-order valence-corrected chi connectivity index (χ3v) is 6.13. The van der Waals surface area contributed by atoms with Gasteiger partial charge in [0.25, 0.3) is 0 Å². The number of benzene rings is 1. The van der Waals surface area contributed by atoms with Gasteiger partial charge in [0.1, 0.15) is 15.5 Å². The second-order valence-corrected chi connectivity index (χ2v) is 7.90. The van der Waals surface area contributed by atoms with Gasteiger partial charge in [0.05, 0.1) is 5.52 Å². The lowest BCUT2D eigenvalue weighted by molar-refractivity contribution is -0.117. The van der Waals surface area contributed by atoms with Crippen LogP contribution in [0.3, 0.4) is 0 Å². The number of hydrogen-bond donors (Lipinski definition) is 0. The van der Waals surface area contributed by atoms with Gasteiger partial charge in [-0.3, -0.25) is 9.20 Å². The first kappa shape index (κ1) is 15.5. The van der Waals surface area contributed by atoms with E-state index in [1.165, 1.54) is 11.3 Å². The maximum absolute atomic E-state index is 12.4. The van der Waals surface area contributed by atoms with Gasteiger partial charge in [0.15, 0.2) is 4.96 Å². The average Bonchev–Trinajstić information content (AvgIpc) is 3.37. The first-order chi connectivity index (χ1) is 12.7. The zero-order chi connectivity index (χ0) is 17.7. The highest BCUT2D eigenvalue weighted by molar-refractivity contribution is 7.21. The lowest BCUT2D eigenvalue weighted by atomic mass is 10.3. The predicted octanol–water partition coefficient (Wildman–Crippen LogP) is 3.96. The summed E-state index contributed by atoms with van der Waals surface area (Å²) in [4.78, 5) is 32.7. The van der Waals surface area contributed by atoms with Gasteiger partial charge in [-0.15, -0.1) is 22.7 Å². The molecule has 1 fully saturated rings. The van der Waals surface area contributed by atoms with Crippen molar-refractivity contribution in [3.8, 4) is 5.75 Å². The van der Waals surface area contributed by atoms with Crippen molar-refractivity contribution in [3.05, 3.63) is 46.8 Å². The highest BCUT2D eigenvalue weighted by Crippen LogP contribution is 2.29. The number of fused-ring (bicyclic) bond motifs is 3. The minimum absolute atomic E-state index is 0.136. The van der Waals surface area contributed by atoms with E-state index in [0.29, 0.717) is 17.0 Å². The molecular weight excluding hydrogens is 370 g/mol. The Balaban J connectivity index is 1.36. The molecule has 1 aromatic carbocycles. The Kier molecular flexibility index (Phi) is 3.54. The molecule has 0 atom stereocenters. The first-order valence-electron chi connectivity index (χ1n) is 8.17. The number of carbonyl (C=O) groups excluding carboxylic acids is 2. The largest absolute Gasteiger partial charge is 0.422 e. The fourth-order valence-electron chi connectivity index (χ4n) is 3.12. The number of aromatic nitrogens is 2. The van der Waals surface area contributed by atoms with E-state index in [1.807, 2.05) is 34.2 Å². The highest BCUT2D eigenvalue weighted by Gasteiger charge is 2.22. The standard InChI is InChI=1S/C18H13N3O3S2/c22-15-2-1-7-20(15)11-3-5-12(6-4-11)24-17(23)14-10-13-16(26-14)19-18-21(13)8-9-25-18/h3-6,8-10H,1-2,7H2. The van der Waals surface area contributed by atoms with Crippen molar-refractivity contribution < 1.29 is 14.3 Å². The molecule has 0 saturated carbocycles. The maximum Gasteiger partial charge on any atom is 0.353 e. The lowest BCUT2D eigenvalue weighted by Crippen LogP contribution is -2.23. The van der Waals surface area contributed by atoms with Gasteiger partial charge in [-0.25, -0.2) is 9.78 Å². The third kappa shape index (κ3) is 2.49. The molecule has 0 unspecified atom stereocenters. The number of thiazole rings is 1. The summed E-state index contributed by atoms with van der Waals surface area (Å²) in [6.45, 7) is 0.741. The number of nitrogens with zero attached hydrogens (tertiary/aromatic N) is 3. The van der Waals surface area contributed by atoms with Crippen molar-refractivity contribution in [2.45, 2.75) is 12.8 Å². The van der Waals surface area contributed by atoms with Gasteiger partial charge in [0.2, 0.25) is 5.91 Å². The van der Waals surface area contributed by atoms with E-state index < -0.39 is 5.97 Å². The highest BCUT2D eigenvalue weighted by atomic mass is 32.1. The fraction of sp³-hybridized carbons (Fsp3) is 0.167. The van der Waals surface area contributed by atoms with Gasteiger partial charge in [-0.1, -0.05) is 0 Å². The summed E-state index contributed by atoms with van der Waals surface area (Å²) in [6, 6.07) is 8.87. The van der Waals surface area contributed by atoms with Crippen LogP contribution in [-0.4, -0.2) is 27.8 Å². The molecular formula is C18H13N3O3S2. The molecule has 0 bridgehead atoms. The number of hydrogen-bond acceptors (Lipinski definition) is 6. The van der Waals surface area contributed by atoms with Crippen LogP contribution in [0.5, 0.6) is 5.75 Å². The Morgan fingerprint density at radius 1 is 1.23 bits per heavy atom. The molecule has 1 aliphatic heterocycles. The molecule has 6 nitrogen and oxygen atoms in total. The summed E-state index contributed by atoms with van der Waals surface area (Å²) in [5.41, 5.74) is 1.75. The zero-order valence-electron chi connectivity index (χ0n) is 13.5. The lowest BCUT2D eigenvalue weighted by Gasteiger charge is -2.15. The monoisotopic (exact) mass is 383 g/mol. The van der Waals surface area contributed by atoms with Crippen molar-refractivity contribution in [2.24, 2.45) is 0 Å². The van der Waals surface area contributed by atoms with Crippen molar-refractivity contribution >= 4 is 55.5 Å². The predicted molar refractivity (Wildman–Crippen MR) is 101 cm³/mol. The molecule has 0 spiro atoms. The van der Waals surface area contributed by atoms with Crippen molar-refractivity contribution in [1.29, 1.82) is 0 Å². The first-order valence-corrected chi connectivity index (χ1v) is 9.86. The fourth-order valence-corrected chi connectivity index (χ4v) is 4.80. The molecule has 0 aliphatic carbocycles. The van der Waals surface area contributed by atoms with E-state index in [1.54, 1.807) is 28.4 Å². The van der Waals surface area contributed by atoms with Crippen LogP contribution in [-0.2, 0) is 4.79 Å². The average molecular weight is 383 g/mol. The number of thiophene rings is 1. The molecule has 4 heterocycles. The van der Waals surface area contributed by atoms with Crippen LogP contribution in [0.15, 0.2) is 41.9 Å². The van der Waals surface area contributed by atoms with E-state index in [4.69, 9.17) is 4.74 Å². The second-order valence-electron chi connectivity index (χ2n) is 6.00. The Bertz CT molecular complexity index is 1140. The smallest absolute Gasteiger partial charge is 0.353 e. The van der Waals surface area contributed by atoms with Gasteiger partial charge < -0.3 is 9.64 Å². The molecule has 3 aromatic heterocycles. The summed E-state index contributed by atoms with van der Waals surface area (Å²) < 4.78 is 7.44. The molecule has 1 saturated heterocycles. The summed E-state index contributed by atoms with van der Waals surface area (Å²) >= 11 is 2.89. The van der Waals surface area contributed by atoms with E-state index in [0.717, 1.165) is 34.0 Å². The molecule has 4 aromatic rings. The second kappa shape index (κ2) is 5.93. The third-order valence-electron chi connectivity index (χ3n) is 4.37. The Hall–Kier alpha value is -2.71. The summed E-state index contributed by atoms with van der Waals surface area (Å²) in [5, 5.41) is 1.96. The van der Waals surface area contributed by atoms with E-state index in [2.05, 4.69) is 4.98 Å². The Labute approximate surface area is 156 Å². The Morgan fingerprint density at radius 2 is 2.08 bits per heavy atom. The van der Waals surface area contributed by atoms with Gasteiger partial charge in [-0.2, -0.15) is 0 Å². The summed E-state index contributed by atoms with van der Waals surface area (Å²) in [6.07, 6.45) is 3.41. The van der Waals surface area contributed by atoms with Gasteiger partial charge >= 0.3 is 5.97 Å². The van der Waals surface area contributed by atoms with Gasteiger partial charge in [-0.05, 0) is 36.8 Å². The number of imidazole rings is 1. The van der Waals surface area contributed by atoms with E-state index in [-0.39, 0.29) is 5.91 Å². The van der Waals surface area contributed by atoms with Gasteiger partial charge in [0, 0.05) is 30.2 Å². The van der Waals surface area contributed by atoms with Crippen LogP contribution in [0, 0.1) is 0 Å². The molecule has 0 N–H and O–H groups in total. The molecule has 0 radical (unpaired) electrons. The number of anilines is 1. The number of amides is 1. The number of rotatable bonds is 3. The maximum atomic E-state index is 12.4. The number of ether oxygens (including phenoxy) is 1. The molecule has 26 heavy (non-hydrogen) atoms. The number of esters is 1. The minimum Gasteiger partial charge on any atom is -0.422 e. The van der Waals surface area contributed by atoms with Crippen LogP contribution < -0.4 is 9.64 Å². The van der Waals surface area contributed by atoms with Crippen molar-refractivity contribution in [2.75, 3.05) is 11.4 Å². The topological polar surface area (TPSA) is 63.9 Å². The summed E-state index contributed by atoms with van der Waals surface area (Å²) in [5.74, 6) is 0.193. The van der Waals surface area contributed by atoms with Crippen molar-refractivity contribution in [3.63, 3.8) is 0 Å². The number of carbonyl (C=O) groups is 2. The van der Waals surface area contributed by atoms with Crippen LogP contribution in [0.4, 0.5) is 5.69 Å². The molecule has 1 aliphatic rings. The molecule has 5 rings (SSSR count). The van der Waals surface area contributed by atoms with Crippen molar-refractivity contribution in [1.82, 2.24) is 9.38 Å². The quantitative estimate of drug-likeness (QED) is 0.397. The minimum atomic E-state index is -0.401.